The minimum Gasteiger partial charge on any atom is -0.256 e. The van der Waals surface area contributed by atoms with E-state index in [4.69, 9.17) is 19.9 Å². The Labute approximate surface area is 327 Å². The van der Waals surface area contributed by atoms with Gasteiger partial charge in [-0.1, -0.05) is 154 Å². The molecule has 4 heterocycles. The van der Waals surface area contributed by atoms with Gasteiger partial charge in [0.2, 0.25) is 0 Å². The van der Waals surface area contributed by atoms with Crippen LogP contribution in [-0.4, -0.2) is 29.9 Å². The molecule has 0 amide bonds. The molecule has 9 aromatic rings. The standard InChI is InChI=1S/C46H30N6.C4H10/c1-2-10-31(11-3-1)32-17-19-33(20-18-32)34-21-23-35(24-22-34)38-26-25-37(30-40(38)39-14-8-12-36-13-9-29-49-43(36)39)44-50-45(41-15-4-6-27-47-41)52-46(51-44)42-16-5-7-28-48-42;1-3-4-2/h1-30H;3-4H2,1-2H3. The number of nitrogens with zero attached hydrogens (tertiary/aromatic N) is 6. The second-order valence-electron chi connectivity index (χ2n) is 13.4. The predicted octanol–water partition coefficient (Wildman–Crippen LogP) is 12.7. The number of rotatable bonds is 8. The fraction of sp³-hybridized carbons (Fsp3) is 0.0800. The summed E-state index contributed by atoms with van der Waals surface area (Å²) in [6.45, 7) is 4.36. The first-order valence-corrected chi connectivity index (χ1v) is 19.0. The summed E-state index contributed by atoms with van der Waals surface area (Å²) in [5.74, 6) is 1.50. The Morgan fingerprint density at radius 1 is 0.339 bits per heavy atom. The number of pyridine rings is 3. The zero-order valence-electron chi connectivity index (χ0n) is 31.4. The number of unbranched alkanes of at least 4 members (excludes halogenated alkanes) is 1. The lowest BCUT2D eigenvalue weighted by Gasteiger charge is -2.15. The van der Waals surface area contributed by atoms with E-state index in [0.717, 1.165) is 44.3 Å². The molecule has 0 radical (unpaired) electrons. The van der Waals surface area contributed by atoms with Crippen LogP contribution in [0.2, 0.25) is 0 Å². The zero-order valence-corrected chi connectivity index (χ0v) is 31.4. The summed E-state index contributed by atoms with van der Waals surface area (Å²) in [5, 5.41) is 1.07. The maximum atomic E-state index is 4.94. The Morgan fingerprint density at radius 3 is 1.41 bits per heavy atom. The summed E-state index contributed by atoms with van der Waals surface area (Å²) in [6.07, 6.45) is 7.97. The summed E-state index contributed by atoms with van der Waals surface area (Å²) in [4.78, 5) is 28.6. The molecule has 0 atom stereocenters. The summed E-state index contributed by atoms with van der Waals surface area (Å²) in [6, 6.07) is 56.1. The molecule has 0 bridgehead atoms. The molecular formula is C50H40N6. The van der Waals surface area contributed by atoms with Crippen molar-refractivity contribution in [1.29, 1.82) is 0 Å². The van der Waals surface area contributed by atoms with Gasteiger partial charge in [0.05, 0.1) is 5.52 Å². The first kappa shape index (κ1) is 35.8. The van der Waals surface area contributed by atoms with Crippen LogP contribution in [0, 0.1) is 0 Å². The molecule has 0 N–H and O–H groups in total. The van der Waals surface area contributed by atoms with Crippen molar-refractivity contribution in [2.45, 2.75) is 26.7 Å². The van der Waals surface area contributed by atoms with E-state index in [0.29, 0.717) is 28.9 Å². The molecule has 270 valence electrons. The van der Waals surface area contributed by atoms with Gasteiger partial charge in [-0.05, 0) is 75.3 Å². The van der Waals surface area contributed by atoms with Crippen molar-refractivity contribution in [3.05, 3.63) is 182 Å². The van der Waals surface area contributed by atoms with E-state index in [1.165, 1.54) is 29.5 Å². The molecule has 6 nitrogen and oxygen atoms in total. The van der Waals surface area contributed by atoms with Crippen LogP contribution in [0.3, 0.4) is 0 Å². The normalized spacial score (nSPS) is 10.8. The average molecular weight is 725 g/mol. The van der Waals surface area contributed by atoms with Crippen molar-refractivity contribution in [3.63, 3.8) is 0 Å². The van der Waals surface area contributed by atoms with Crippen LogP contribution in [0.1, 0.15) is 26.7 Å². The molecule has 0 saturated heterocycles. The quantitative estimate of drug-likeness (QED) is 0.155. The van der Waals surface area contributed by atoms with Crippen molar-refractivity contribution in [2.24, 2.45) is 0 Å². The van der Waals surface area contributed by atoms with Gasteiger partial charge in [-0.3, -0.25) is 15.0 Å². The van der Waals surface area contributed by atoms with E-state index >= 15 is 0 Å². The topological polar surface area (TPSA) is 77.3 Å². The molecule has 9 rings (SSSR count). The van der Waals surface area contributed by atoms with Crippen LogP contribution in [-0.2, 0) is 0 Å². The third kappa shape index (κ3) is 7.86. The summed E-state index contributed by atoms with van der Waals surface area (Å²) in [7, 11) is 0. The molecule has 0 fully saturated rings. The van der Waals surface area contributed by atoms with Crippen LogP contribution >= 0.6 is 0 Å². The van der Waals surface area contributed by atoms with Gasteiger partial charge in [0, 0.05) is 35.1 Å². The Bertz CT molecular complexity index is 2620. The van der Waals surface area contributed by atoms with Crippen molar-refractivity contribution >= 4 is 10.9 Å². The molecular weight excluding hydrogens is 685 g/mol. The van der Waals surface area contributed by atoms with Gasteiger partial charge < -0.3 is 0 Å². The Balaban J connectivity index is 0.00000105. The minimum absolute atomic E-state index is 0.482. The van der Waals surface area contributed by atoms with Gasteiger partial charge in [0.25, 0.3) is 0 Å². The number of hydrogen-bond donors (Lipinski definition) is 0. The largest absolute Gasteiger partial charge is 0.256 e. The molecule has 4 aromatic heterocycles. The van der Waals surface area contributed by atoms with Crippen molar-refractivity contribution in [2.75, 3.05) is 0 Å². The number of benzene rings is 5. The molecule has 0 spiro atoms. The number of aromatic nitrogens is 6. The van der Waals surface area contributed by atoms with Crippen molar-refractivity contribution in [1.82, 2.24) is 29.9 Å². The highest BCUT2D eigenvalue weighted by Gasteiger charge is 2.18. The fourth-order valence-electron chi connectivity index (χ4n) is 6.53. The molecule has 5 aromatic carbocycles. The average Bonchev–Trinajstić information content (AvgIpc) is 3.29. The first-order valence-electron chi connectivity index (χ1n) is 19.0. The third-order valence-electron chi connectivity index (χ3n) is 9.65. The second kappa shape index (κ2) is 16.9. The smallest absolute Gasteiger partial charge is 0.182 e. The van der Waals surface area contributed by atoms with E-state index in [-0.39, 0.29) is 0 Å². The van der Waals surface area contributed by atoms with Gasteiger partial charge in [0.15, 0.2) is 17.5 Å². The van der Waals surface area contributed by atoms with Gasteiger partial charge >= 0.3 is 0 Å². The van der Waals surface area contributed by atoms with Gasteiger partial charge in [-0.2, -0.15) is 0 Å². The number of hydrogen-bond acceptors (Lipinski definition) is 6. The van der Waals surface area contributed by atoms with Crippen LogP contribution < -0.4 is 0 Å². The van der Waals surface area contributed by atoms with Crippen LogP contribution in [0.25, 0.3) is 89.8 Å². The predicted molar refractivity (Wildman–Crippen MR) is 229 cm³/mol. The van der Waals surface area contributed by atoms with Crippen molar-refractivity contribution < 1.29 is 0 Å². The van der Waals surface area contributed by atoms with E-state index < -0.39 is 0 Å². The second-order valence-corrected chi connectivity index (χ2v) is 13.4. The minimum atomic E-state index is 0.482. The Hall–Kier alpha value is -7.18. The van der Waals surface area contributed by atoms with Crippen LogP contribution in [0.4, 0.5) is 0 Å². The number of para-hydroxylation sites is 1. The van der Waals surface area contributed by atoms with Gasteiger partial charge in [-0.15, -0.1) is 0 Å². The van der Waals surface area contributed by atoms with Crippen LogP contribution in [0.5, 0.6) is 0 Å². The monoisotopic (exact) mass is 724 g/mol. The summed E-state index contributed by atoms with van der Waals surface area (Å²) >= 11 is 0. The maximum absolute atomic E-state index is 4.94. The van der Waals surface area contributed by atoms with Gasteiger partial charge in [-0.25, -0.2) is 15.0 Å². The summed E-state index contributed by atoms with van der Waals surface area (Å²) < 4.78 is 0. The van der Waals surface area contributed by atoms with Crippen molar-refractivity contribution in [3.8, 4) is 78.9 Å². The lowest BCUT2D eigenvalue weighted by Crippen LogP contribution is -2.02. The molecule has 0 saturated carbocycles. The van der Waals surface area contributed by atoms with E-state index in [2.05, 4.69) is 139 Å². The molecule has 0 aliphatic carbocycles. The Morgan fingerprint density at radius 2 is 0.839 bits per heavy atom. The Kier molecular flexibility index (Phi) is 10.8. The highest BCUT2D eigenvalue weighted by Crippen LogP contribution is 2.39. The highest BCUT2D eigenvalue weighted by atomic mass is 15.1. The SMILES string of the molecule is CCCC.c1ccc(-c2ccc(-c3ccc(-c4ccc(-c5nc(-c6ccccn6)nc(-c6ccccn6)n5)cc4-c4cccc5cccnc45)cc3)cc2)cc1. The summed E-state index contributed by atoms with van der Waals surface area (Å²) in [5.41, 5.74) is 12.1. The lowest BCUT2D eigenvalue weighted by atomic mass is 9.90. The molecule has 0 unspecified atom stereocenters. The fourth-order valence-corrected chi connectivity index (χ4v) is 6.53. The first-order chi connectivity index (χ1) is 27.7. The highest BCUT2D eigenvalue weighted by molar-refractivity contribution is 5.99. The molecule has 0 aliphatic heterocycles. The third-order valence-corrected chi connectivity index (χ3v) is 9.65. The van der Waals surface area contributed by atoms with E-state index in [9.17, 15) is 0 Å². The number of fused-ring (bicyclic) bond motifs is 1. The lowest BCUT2D eigenvalue weighted by molar-refractivity contribution is 0.886. The molecule has 0 aliphatic rings. The zero-order chi connectivity index (χ0) is 38.1. The van der Waals surface area contributed by atoms with E-state index in [1.807, 2.05) is 54.7 Å². The molecule has 6 heteroatoms. The van der Waals surface area contributed by atoms with E-state index in [1.54, 1.807) is 12.4 Å². The maximum Gasteiger partial charge on any atom is 0.182 e. The van der Waals surface area contributed by atoms with Crippen LogP contribution in [0.15, 0.2) is 182 Å². The van der Waals surface area contributed by atoms with Gasteiger partial charge in [0.1, 0.15) is 11.4 Å². The molecule has 56 heavy (non-hydrogen) atoms.